The van der Waals surface area contributed by atoms with Crippen molar-refractivity contribution >= 4 is 11.8 Å². The maximum atomic E-state index is 12.4. The highest BCUT2D eigenvalue weighted by Crippen LogP contribution is 2.19. The number of nitrogens with zero attached hydrogens (tertiary/aromatic N) is 1. The standard InChI is InChI=1S/C21H34N2O4/c1-3-5-9-15-26-19-12-10-11-18(16-19)22-21(24)27-20(17-25-4-2)23-13-7-6-8-14-23/h10-12,16,20H,3-9,13-15,17H2,1-2H3,(H,22,24). The first-order valence-electron chi connectivity index (χ1n) is 10.2. The molecule has 1 aliphatic heterocycles. The van der Waals surface area contributed by atoms with Gasteiger partial charge >= 0.3 is 6.09 Å². The molecule has 6 nitrogen and oxygen atoms in total. The zero-order valence-electron chi connectivity index (χ0n) is 16.7. The number of likely N-dealkylation sites (tertiary alicyclic amines) is 1. The van der Waals surface area contributed by atoms with Gasteiger partial charge in [-0.3, -0.25) is 10.2 Å². The molecule has 6 heteroatoms. The number of hydrogen-bond donors (Lipinski definition) is 1. The van der Waals surface area contributed by atoms with Crippen molar-refractivity contribution in [3.8, 4) is 5.75 Å². The summed E-state index contributed by atoms with van der Waals surface area (Å²) in [6.07, 6.45) is 6.03. The van der Waals surface area contributed by atoms with Gasteiger partial charge in [0.15, 0.2) is 6.23 Å². The predicted octanol–water partition coefficient (Wildman–Crippen LogP) is 4.65. The highest BCUT2D eigenvalue weighted by molar-refractivity contribution is 5.84. The fourth-order valence-electron chi connectivity index (χ4n) is 3.12. The molecule has 0 radical (unpaired) electrons. The number of ether oxygens (including phenoxy) is 3. The zero-order valence-corrected chi connectivity index (χ0v) is 16.7. The molecule has 1 heterocycles. The molecule has 1 unspecified atom stereocenters. The highest BCUT2D eigenvalue weighted by Gasteiger charge is 2.24. The largest absolute Gasteiger partial charge is 0.494 e. The second-order valence-corrected chi connectivity index (χ2v) is 6.82. The zero-order chi connectivity index (χ0) is 19.3. The third-order valence-electron chi connectivity index (χ3n) is 4.60. The van der Waals surface area contributed by atoms with E-state index >= 15 is 0 Å². The molecule has 1 amide bonds. The summed E-state index contributed by atoms with van der Waals surface area (Å²) in [5.41, 5.74) is 0.668. The van der Waals surface area contributed by atoms with E-state index in [1.807, 2.05) is 31.2 Å². The first kappa shape index (κ1) is 21.5. The van der Waals surface area contributed by atoms with E-state index in [1.165, 1.54) is 6.42 Å². The fraction of sp³-hybridized carbons (Fsp3) is 0.667. The lowest BCUT2D eigenvalue weighted by atomic mass is 10.1. The van der Waals surface area contributed by atoms with Crippen molar-refractivity contribution in [1.82, 2.24) is 4.90 Å². The number of anilines is 1. The fourth-order valence-corrected chi connectivity index (χ4v) is 3.12. The summed E-state index contributed by atoms with van der Waals surface area (Å²) in [6, 6.07) is 7.42. The molecule has 0 bridgehead atoms. The lowest BCUT2D eigenvalue weighted by Gasteiger charge is -2.33. The van der Waals surface area contributed by atoms with Gasteiger partial charge in [-0.25, -0.2) is 4.79 Å². The van der Waals surface area contributed by atoms with Gasteiger partial charge in [0.05, 0.1) is 13.2 Å². The Morgan fingerprint density at radius 2 is 2.00 bits per heavy atom. The number of benzene rings is 1. The van der Waals surface area contributed by atoms with Crippen LogP contribution in [0.25, 0.3) is 0 Å². The summed E-state index contributed by atoms with van der Waals surface area (Å²) in [6.45, 7) is 7.67. The van der Waals surface area contributed by atoms with Crippen LogP contribution >= 0.6 is 0 Å². The van der Waals surface area contributed by atoms with E-state index in [0.29, 0.717) is 25.5 Å². The summed E-state index contributed by atoms with van der Waals surface area (Å²) >= 11 is 0. The van der Waals surface area contributed by atoms with E-state index in [9.17, 15) is 4.79 Å². The number of unbranched alkanes of at least 4 members (excludes halogenated alkanes) is 2. The molecule has 1 aromatic carbocycles. The van der Waals surface area contributed by atoms with Gasteiger partial charge in [-0.2, -0.15) is 0 Å². The van der Waals surface area contributed by atoms with E-state index in [4.69, 9.17) is 14.2 Å². The molecule has 1 aliphatic rings. The molecule has 27 heavy (non-hydrogen) atoms. The molecule has 152 valence electrons. The van der Waals surface area contributed by atoms with E-state index in [2.05, 4.69) is 17.1 Å². The first-order chi connectivity index (χ1) is 13.2. The molecule has 1 saturated heterocycles. The third kappa shape index (κ3) is 8.18. The molecule has 1 fully saturated rings. The Morgan fingerprint density at radius 3 is 2.74 bits per heavy atom. The topological polar surface area (TPSA) is 60.0 Å². The summed E-state index contributed by atoms with van der Waals surface area (Å²) in [5.74, 6) is 0.755. The SMILES string of the molecule is CCCCCOc1cccc(NC(=O)OC(COCC)N2CCCCC2)c1. The molecule has 1 N–H and O–H groups in total. The van der Waals surface area contributed by atoms with Crippen LogP contribution in [0.15, 0.2) is 24.3 Å². The van der Waals surface area contributed by atoms with E-state index in [0.717, 1.165) is 50.9 Å². The second kappa shape index (κ2) is 12.6. The van der Waals surface area contributed by atoms with Crippen LogP contribution in [0.3, 0.4) is 0 Å². The van der Waals surface area contributed by atoms with E-state index in [1.54, 1.807) is 0 Å². The van der Waals surface area contributed by atoms with Crippen molar-refractivity contribution in [2.45, 2.75) is 58.6 Å². The summed E-state index contributed by atoms with van der Waals surface area (Å²) in [5, 5.41) is 2.81. The Balaban J connectivity index is 1.86. The van der Waals surface area contributed by atoms with Gasteiger partial charge in [-0.05, 0) is 38.3 Å². The minimum absolute atomic E-state index is 0.348. The molecule has 2 rings (SSSR count). The van der Waals surface area contributed by atoms with Gasteiger partial charge in [0.2, 0.25) is 0 Å². The smallest absolute Gasteiger partial charge is 0.413 e. The van der Waals surface area contributed by atoms with Crippen LogP contribution < -0.4 is 10.1 Å². The summed E-state index contributed by atoms with van der Waals surface area (Å²) in [7, 11) is 0. The Bertz CT molecular complexity index is 547. The van der Waals surface area contributed by atoms with Crippen LogP contribution in [-0.4, -0.2) is 50.1 Å². The third-order valence-corrected chi connectivity index (χ3v) is 4.60. The van der Waals surface area contributed by atoms with Gasteiger partial charge in [0.25, 0.3) is 0 Å². The molecule has 0 saturated carbocycles. The minimum atomic E-state index is -0.464. The van der Waals surface area contributed by atoms with Gasteiger partial charge in [0, 0.05) is 31.5 Å². The first-order valence-corrected chi connectivity index (χ1v) is 10.2. The molecule has 0 spiro atoms. The summed E-state index contributed by atoms with van der Waals surface area (Å²) in [4.78, 5) is 14.6. The Hall–Kier alpha value is -1.79. The second-order valence-electron chi connectivity index (χ2n) is 6.82. The number of hydrogen-bond acceptors (Lipinski definition) is 5. The minimum Gasteiger partial charge on any atom is -0.494 e. The average Bonchev–Trinajstić information content (AvgIpc) is 2.69. The Morgan fingerprint density at radius 1 is 1.19 bits per heavy atom. The van der Waals surface area contributed by atoms with Crippen molar-refractivity contribution < 1.29 is 19.0 Å². The molecular formula is C21H34N2O4. The highest BCUT2D eigenvalue weighted by atomic mass is 16.6. The molecule has 0 aliphatic carbocycles. The summed E-state index contributed by atoms with van der Waals surface area (Å²) < 4.78 is 16.9. The number of carbonyl (C=O) groups is 1. The monoisotopic (exact) mass is 378 g/mol. The lowest BCUT2D eigenvalue weighted by Crippen LogP contribution is -2.45. The average molecular weight is 379 g/mol. The van der Waals surface area contributed by atoms with Crippen LogP contribution in [0, 0.1) is 0 Å². The van der Waals surface area contributed by atoms with E-state index < -0.39 is 6.09 Å². The lowest BCUT2D eigenvalue weighted by molar-refractivity contribution is -0.0664. The van der Waals surface area contributed by atoms with Crippen molar-refractivity contribution in [3.63, 3.8) is 0 Å². The maximum absolute atomic E-state index is 12.4. The van der Waals surface area contributed by atoms with Crippen LogP contribution in [0.1, 0.15) is 52.4 Å². The van der Waals surface area contributed by atoms with Crippen LogP contribution in [0.4, 0.5) is 10.5 Å². The normalized spacial score (nSPS) is 15.9. The Kier molecular flexibility index (Phi) is 10.0. The quantitative estimate of drug-likeness (QED) is 0.568. The Labute approximate surface area is 163 Å². The van der Waals surface area contributed by atoms with Crippen LogP contribution in [0.5, 0.6) is 5.75 Å². The number of amides is 1. The molecule has 1 aromatic rings. The van der Waals surface area contributed by atoms with Gasteiger partial charge < -0.3 is 14.2 Å². The number of carbonyl (C=O) groups excluding carboxylic acids is 1. The molecule has 0 aromatic heterocycles. The van der Waals surface area contributed by atoms with Gasteiger partial charge in [-0.1, -0.05) is 32.3 Å². The van der Waals surface area contributed by atoms with Crippen LogP contribution in [-0.2, 0) is 9.47 Å². The van der Waals surface area contributed by atoms with Crippen molar-refractivity contribution in [2.75, 3.05) is 38.2 Å². The number of rotatable bonds is 11. The predicted molar refractivity (Wildman–Crippen MR) is 107 cm³/mol. The number of nitrogens with one attached hydrogen (secondary N) is 1. The van der Waals surface area contributed by atoms with E-state index in [-0.39, 0.29) is 6.23 Å². The molecule has 1 atom stereocenters. The van der Waals surface area contributed by atoms with Gasteiger partial charge in [0.1, 0.15) is 5.75 Å². The number of piperidine rings is 1. The maximum Gasteiger partial charge on any atom is 0.413 e. The van der Waals surface area contributed by atoms with Crippen molar-refractivity contribution in [1.29, 1.82) is 0 Å². The van der Waals surface area contributed by atoms with Crippen LogP contribution in [0.2, 0.25) is 0 Å². The molecular weight excluding hydrogens is 344 g/mol. The van der Waals surface area contributed by atoms with Crippen molar-refractivity contribution in [3.05, 3.63) is 24.3 Å². The van der Waals surface area contributed by atoms with Gasteiger partial charge in [-0.15, -0.1) is 0 Å². The van der Waals surface area contributed by atoms with Crippen molar-refractivity contribution in [2.24, 2.45) is 0 Å².